The number of nitrogens with two attached hydrogens (primary N) is 2. The van der Waals surface area contributed by atoms with E-state index in [0.717, 1.165) is 34.7 Å². The van der Waals surface area contributed by atoms with Gasteiger partial charge >= 0.3 is 15.2 Å². The minimum atomic E-state index is -3.62. The summed E-state index contributed by atoms with van der Waals surface area (Å²) in [5, 5.41) is 0.0635. The zero-order valence-corrected chi connectivity index (χ0v) is 41.5. The molecule has 0 bridgehead atoms. The average Bonchev–Trinajstić information content (AvgIpc) is 3.92. The van der Waals surface area contributed by atoms with E-state index in [2.05, 4.69) is 29.9 Å². The van der Waals surface area contributed by atoms with E-state index >= 15 is 0 Å². The van der Waals surface area contributed by atoms with Gasteiger partial charge in [0.2, 0.25) is 11.9 Å². The summed E-state index contributed by atoms with van der Waals surface area (Å²) in [5.41, 5.74) is 12.6. The number of hydrogen-bond acceptors (Lipinski definition) is 20. The number of nitrogens with one attached hydrogen (secondary N) is 2. The number of anilines is 2. The fourth-order valence-electron chi connectivity index (χ4n) is 5.63. The number of carbonyl (C=O) groups excluding carboxylic acids is 2. The third-order valence-corrected chi connectivity index (χ3v) is 14.5. The molecule has 68 heavy (non-hydrogen) atoms. The molecule has 0 aliphatic carbocycles. The van der Waals surface area contributed by atoms with Crippen LogP contribution in [0.2, 0.25) is 0 Å². The number of thioether (sulfide) groups is 2. The number of rotatable bonds is 25. The van der Waals surface area contributed by atoms with Crippen LogP contribution in [0, 0.1) is 5.41 Å². The highest BCUT2D eigenvalue weighted by Crippen LogP contribution is 2.50. The van der Waals surface area contributed by atoms with Gasteiger partial charge in [-0.05, 0) is 11.1 Å². The lowest BCUT2D eigenvalue weighted by molar-refractivity contribution is -0.117. The molecule has 2 aromatic carbocycles. The SMILES string of the molecule is CC(C)(C)C(=O)SCCOP(=O)(COCCn1cnc2c(=O)[nH]c(N)nc21)OCc1ccccc1.CCC(=O)SCCOP(=O)(COCCn1cnc2c(=O)[nH]c(N)nc21)OCc1ccccc1. The molecule has 2 atom stereocenters. The summed E-state index contributed by atoms with van der Waals surface area (Å²) in [7, 11) is -7.20. The highest BCUT2D eigenvalue weighted by atomic mass is 32.2. The molecule has 26 heteroatoms. The van der Waals surface area contributed by atoms with E-state index in [1.54, 1.807) is 16.1 Å². The zero-order valence-electron chi connectivity index (χ0n) is 38.1. The van der Waals surface area contributed by atoms with Crippen molar-refractivity contribution < 1.29 is 46.3 Å². The van der Waals surface area contributed by atoms with E-state index in [-0.39, 0.29) is 85.5 Å². The van der Waals surface area contributed by atoms with Gasteiger partial charge < -0.3 is 48.2 Å². The van der Waals surface area contributed by atoms with Crippen molar-refractivity contribution in [1.82, 2.24) is 39.0 Å². The molecule has 0 aliphatic heterocycles. The van der Waals surface area contributed by atoms with E-state index in [1.807, 2.05) is 81.4 Å². The van der Waals surface area contributed by atoms with Crippen LogP contribution >= 0.6 is 38.7 Å². The molecule has 368 valence electrons. The van der Waals surface area contributed by atoms with Crippen LogP contribution in [0.4, 0.5) is 11.9 Å². The molecule has 4 aromatic heterocycles. The maximum absolute atomic E-state index is 13.3. The smallest absolute Gasteiger partial charge is 0.356 e. The van der Waals surface area contributed by atoms with Crippen LogP contribution in [0.1, 0.15) is 45.2 Å². The molecule has 0 fully saturated rings. The number of benzene rings is 2. The fourth-order valence-corrected chi connectivity index (χ4v) is 9.84. The lowest BCUT2D eigenvalue weighted by Gasteiger charge is -2.20. The van der Waals surface area contributed by atoms with Crippen molar-refractivity contribution in [2.45, 2.75) is 60.4 Å². The number of fused-ring (bicyclic) bond motifs is 2. The number of aromatic nitrogens is 8. The summed E-state index contributed by atoms with van der Waals surface area (Å²) >= 11 is 2.26. The predicted molar refractivity (Wildman–Crippen MR) is 261 cm³/mol. The van der Waals surface area contributed by atoms with Crippen LogP contribution in [-0.4, -0.2) is 99.9 Å². The van der Waals surface area contributed by atoms with Gasteiger partial charge in [-0.15, -0.1) is 0 Å². The molecular weight excluding hydrogens is 963 g/mol. The van der Waals surface area contributed by atoms with Gasteiger partial charge in [0.25, 0.3) is 11.1 Å². The molecule has 0 amide bonds. The third-order valence-electron chi connectivity index (χ3n) is 9.12. The van der Waals surface area contributed by atoms with Crippen molar-refractivity contribution in [2.75, 3.05) is 62.1 Å². The number of nitrogen functional groups attached to an aromatic ring is 2. The number of hydrogen-bond donors (Lipinski definition) is 4. The summed E-state index contributed by atoms with van der Waals surface area (Å²) in [5.74, 6) is 0.688. The van der Waals surface area contributed by atoms with E-state index < -0.39 is 31.7 Å². The molecule has 0 aliphatic rings. The van der Waals surface area contributed by atoms with Crippen LogP contribution < -0.4 is 22.6 Å². The molecule has 6 aromatic rings. The first-order valence-electron chi connectivity index (χ1n) is 21.2. The monoisotopic (exact) mass is 1020 g/mol. The van der Waals surface area contributed by atoms with Crippen molar-refractivity contribution in [3.8, 4) is 0 Å². The summed E-state index contributed by atoms with van der Waals surface area (Å²) < 4.78 is 63.4. The van der Waals surface area contributed by atoms with E-state index in [1.165, 1.54) is 12.7 Å². The largest absolute Gasteiger partial charge is 0.369 e. The molecular formula is C42H56N10O12P2S2. The Balaban J connectivity index is 0.000000255. The third kappa shape index (κ3) is 17.2. The van der Waals surface area contributed by atoms with E-state index in [4.69, 9.17) is 39.0 Å². The molecule has 2 unspecified atom stereocenters. The average molecular weight is 1020 g/mol. The van der Waals surface area contributed by atoms with Crippen LogP contribution in [0.15, 0.2) is 82.9 Å². The number of H-pyrrole nitrogens is 2. The Morgan fingerprint density at radius 2 is 1.09 bits per heavy atom. The Morgan fingerprint density at radius 1 is 0.662 bits per heavy atom. The topological polar surface area (TPSA) is 303 Å². The Bertz CT molecular complexity index is 2790. The number of aromatic amines is 2. The first-order chi connectivity index (χ1) is 32.5. The maximum atomic E-state index is 13.3. The van der Waals surface area contributed by atoms with Gasteiger partial charge in [-0.2, -0.15) is 9.97 Å². The van der Waals surface area contributed by atoms with Crippen molar-refractivity contribution in [2.24, 2.45) is 5.41 Å². The standard InChI is InChI=1S/C22H30N5O6PS.C20H26N5O6PS/c1-22(2,3)20(29)35-12-11-32-34(30,33-13-16-7-5-4-6-8-16)15-31-10-9-27-14-24-17-18(27)25-21(23)26-19(17)28;1-2-16(26)33-11-10-30-32(28,31-12-15-6-4-3-5-7-15)14-29-9-8-25-13-22-17-18(25)23-20(21)24-19(17)27/h4-8,14H,9-13,15H2,1-3H3,(H3,23,25,26,28);3-7,13H,2,8-12,14H2,1H3,(H3,21,23,24,27). The van der Waals surface area contributed by atoms with E-state index in [0.29, 0.717) is 42.3 Å². The molecule has 0 radical (unpaired) electrons. The van der Waals surface area contributed by atoms with Crippen molar-refractivity contribution in [3.63, 3.8) is 0 Å². The molecule has 6 N–H and O–H groups in total. The molecule has 4 heterocycles. The normalized spacial score (nSPS) is 13.5. The minimum Gasteiger partial charge on any atom is -0.369 e. The number of imidazole rings is 2. The van der Waals surface area contributed by atoms with Gasteiger partial charge in [-0.25, -0.2) is 9.97 Å². The first kappa shape index (κ1) is 53.9. The second kappa shape index (κ2) is 26.1. The summed E-state index contributed by atoms with van der Waals surface area (Å²) in [4.78, 5) is 68.4. The lowest BCUT2D eigenvalue weighted by atomic mass is 10.00. The number of ether oxygens (including phenoxy) is 2. The summed E-state index contributed by atoms with van der Waals surface area (Å²) in [6.07, 6.45) is 2.79. The predicted octanol–water partition coefficient (Wildman–Crippen LogP) is 6.18. The Labute approximate surface area is 400 Å². The van der Waals surface area contributed by atoms with Crippen LogP contribution in [-0.2, 0) is 72.6 Å². The van der Waals surface area contributed by atoms with Gasteiger partial charge in [0.15, 0.2) is 32.6 Å². The number of nitrogens with zero attached hydrogens (tertiary/aromatic N) is 6. The number of carbonyl (C=O) groups is 2. The van der Waals surface area contributed by atoms with Crippen LogP contribution in [0.3, 0.4) is 0 Å². The summed E-state index contributed by atoms with van der Waals surface area (Å²) in [6, 6.07) is 18.6. The van der Waals surface area contributed by atoms with Crippen molar-refractivity contribution >= 4 is 83.2 Å². The summed E-state index contributed by atoms with van der Waals surface area (Å²) in [6.45, 7) is 8.52. The molecule has 22 nitrogen and oxygen atoms in total. The first-order valence-corrected chi connectivity index (χ1v) is 26.6. The van der Waals surface area contributed by atoms with Gasteiger partial charge in [0.1, 0.15) is 12.7 Å². The van der Waals surface area contributed by atoms with Crippen molar-refractivity contribution in [1.29, 1.82) is 0 Å². The Kier molecular flexibility index (Phi) is 20.7. The van der Waals surface area contributed by atoms with Gasteiger partial charge in [-0.1, -0.05) is 112 Å². The molecule has 0 spiro atoms. The van der Waals surface area contributed by atoms with Gasteiger partial charge in [0.05, 0.1) is 52.3 Å². The lowest BCUT2D eigenvalue weighted by Crippen LogP contribution is -2.17. The molecule has 6 rings (SSSR count). The van der Waals surface area contributed by atoms with Crippen LogP contribution in [0.5, 0.6) is 0 Å². The van der Waals surface area contributed by atoms with Crippen LogP contribution in [0.25, 0.3) is 22.3 Å². The van der Waals surface area contributed by atoms with Gasteiger partial charge in [-0.3, -0.25) is 38.3 Å². The molecule has 0 saturated carbocycles. The Morgan fingerprint density at radius 3 is 1.50 bits per heavy atom. The molecule has 0 saturated heterocycles. The second-order valence-electron chi connectivity index (χ2n) is 15.6. The quantitative estimate of drug-likeness (QED) is 0.0367. The minimum absolute atomic E-state index is 0.0122. The Hall–Kier alpha value is -5.00. The fraction of sp³-hybridized carbons (Fsp3) is 0.429. The second-order valence-corrected chi connectivity index (χ2v) is 21.8. The highest BCUT2D eigenvalue weighted by Gasteiger charge is 2.28. The van der Waals surface area contributed by atoms with Gasteiger partial charge in [0, 0.05) is 36.4 Å². The maximum Gasteiger partial charge on any atom is 0.356 e. The van der Waals surface area contributed by atoms with Crippen molar-refractivity contribution in [3.05, 3.63) is 105 Å². The highest BCUT2D eigenvalue weighted by molar-refractivity contribution is 8.13. The van der Waals surface area contributed by atoms with E-state index in [9.17, 15) is 28.3 Å². The zero-order chi connectivity index (χ0) is 49.2.